The van der Waals surface area contributed by atoms with Crippen LogP contribution in [-0.2, 0) is 0 Å². The van der Waals surface area contributed by atoms with Gasteiger partial charge >= 0.3 is 0 Å². The van der Waals surface area contributed by atoms with Crippen molar-refractivity contribution in [3.63, 3.8) is 0 Å². The standard InChI is InChI=1S/C6H12BrN3O/c1-9-5(7)4-10(2)6(11)3-8/h3-4,9,11H,8H2,1-2H3/b5-4-,6-3+. The molecule has 0 heterocycles. The molecule has 0 amide bonds. The Bertz CT molecular complexity index is 179. The summed E-state index contributed by atoms with van der Waals surface area (Å²) in [4.78, 5) is 1.47. The molecule has 0 aliphatic rings. The Labute approximate surface area is 74.5 Å². The maximum absolute atomic E-state index is 9.04. The van der Waals surface area contributed by atoms with E-state index in [2.05, 4.69) is 21.2 Å². The molecule has 4 nitrogen and oxygen atoms in total. The van der Waals surface area contributed by atoms with Gasteiger partial charge in [0.25, 0.3) is 0 Å². The fourth-order valence-corrected chi connectivity index (χ4v) is 0.725. The van der Waals surface area contributed by atoms with E-state index in [1.807, 2.05) is 0 Å². The molecule has 11 heavy (non-hydrogen) atoms. The summed E-state index contributed by atoms with van der Waals surface area (Å²) in [5.74, 6) is -0.00259. The molecule has 0 aliphatic heterocycles. The molecule has 5 heteroatoms. The van der Waals surface area contributed by atoms with Gasteiger partial charge in [-0.2, -0.15) is 0 Å². The fourth-order valence-electron chi connectivity index (χ4n) is 0.418. The second-order valence-corrected chi connectivity index (χ2v) is 2.72. The Balaban J connectivity index is 4.16. The van der Waals surface area contributed by atoms with Crippen molar-refractivity contribution in [3.05, 3.63) is 22.9 Å². The van der Waals surface area contributed by atoms with Crippen molar-refractivity contribution in [1.82, 2.24) is 10.2 Å². The predicted molar refractivity (Wildman–Crippen MR) is 48.7 cm³/mol. The zero-order valence-corrected chi connectivity index (χ0v) is 8.09. The molecule has 0 rings (SSSR count). The molecule has 0 aromatic rings. The van der Waals surface area contributed by atoms with Crippen LogP contribution in [0.15, 0.2) is 22.9 Å². The minimum absolute atomic E-state index is 0.00259. The highest BCUT2D eigenvalue weighted by molar-refractivity contribution is 9.11. The van der Waals surface area contributed by atoms with Crippen molar-refractivity contribution in [3.8, 4) is 0 Å². The number of aliphatic hydroxyl groups excluding tert-OH is 1. The van der Waals surface area contributed by atoms with Crippen LogP contribution in [0.2, 0.25) is 0 Å². The van der Waals surface area contributed by atoms with Crippen LogP contribution in [0, 0.1) is 0 Å². The van der Waals surface area contributed by atoms with Gasteiger partial charge in [-0.3, -0.25) is 0 Å². The second-order valence-electron chi connectivity index (χ2n) is 1.86. The van der Waals surface area contributed by atoms with Crippen molar-refractivity contribution in [2.75, 3.05) is 14.1 Å². The highest BCUT2D eigenvalue weighted by Crippen LogP contribution is 2.03. The molecule has 0 bridgehead atoms. The first-order valence-electron chi connectivity index (χ1n) is 3.00. The summed E-state index contributed by atoms with van der Waals surface area (Å²) >= 11 is 3.20. The van der Waals surface area contributed by atoms with Gasteiger partial charge in [0.1, 0.15) is 0 Å². The number of rotatable bonds is 3. The van der Waals surface area contributed by atoms with E-state index in [-0.39, 0.29) is 5.88 Å². The Morgan fingerprint density at radius 1 is 1.73 bits per heavy atom. The van der Waals surface area contributed by atoms with Crippen LogP contribution < -0.4 is 11.1 Å². The Morgan fingerprint density at radius 3 is 2.64 bits per heavy atom. The summed E-state index contributed by atoms with van der Waals surface area (Å²) in [5, 5.41) is 11.9. The number of nitrogens with zero attached hydrogens (tertiary/aromatic N) is 1. The van der Waals surface area contributed by atoms with Crippen LogP contribution in [0.4, 0.5) is 0 Å². The number of halogens is 1. The molecule has 0 aromatic carbocycles. The monoisotopic (exact) mass is 221 g/mol. The van der Waals surface area contributed by atoms with Crippen LogP contribution in [0.25, 0.3) is 0 Å². The van der Waals surface area contributed by atoms with Crippen molar-refractivity contribution in [2.24, 2.45) is 5.73 Å². The van der Waals surface area contributed by atoms with E-state index in [1.165, 1.54) is 4.90 Å². The van der Waals surface area contributed by atoms with E-state index < -0.39 is 0 Å². The van der Waals surface area contributed by atoms with Gasteiger partial charge in [-0.15, -0.1) is 0 Å². The first-order valence-corrected chi connectivity index (χ1v) is 3.80. The lowest BCUT2D eigenvalue weighted by molar-refractivity contribution is 0.280. The Kier molecular flexibility index (Phi) is 4.52. The molecule has 4 N–H and O–H groups in total. The third-order valence-corrected chi connectivity index (χ3v) is 1.66. The van der Waals surface area contributed by atoms with Crippen molar-refractivity contribution < 1.29 is 5.11 Å². The Hall–Kier alpha value is -0.840. The summed E-state index contributed by atoms with van der Waals surface area (Å²) < 4.78 is 0.758. The topological polar surface area (TPSA) is 61.5 Å². The van der Waals surface area contributed by atoms with Crippen LogP contribution >= 0.6 is 15.9 Å². The smallest absolute Gasteiger partial charge is 0.206 e. The molecule has 64 valence electrons. The lowest BCUT2D eigenvalue weighted by atomic mass is 10.7. The average Bonchev–Trinajstić information content (AvgIpc) is 2.02. The molecule has 0 saturated heterocycles. The molecule has 0 fully saturated rings. The SMILES string of the molecule is CN/C(Br)=C\N(C)/C(O)=C\N. The molecule has 0 aliphatic carbocycles. The molecular formula is C6H12BrN3O. The minimum atomic E-state index is -0.00259. The Morgan fingerprint density at radius 2 is 2.27 bits per heavy atom. The van der Waals surface area contributed by atoms with Crippen molar-refractivity contribution in [2.45, 2.75) is 0 Å². The van der Waals surface area contributed by atoms with Gasteiger partial charge in [0, 0.05) is 20.3 Å². The molecule has 0 unspecified atom stereocenters. The second kappa shape index (κ2) is 4.90. The van der Waals surface area contributed by atoms with E-state index in [0.29, 0.717) is 0 Å². The molecular weight excluding hydrogens is 210 g/mol. The van der Waals surface area contributed by atoms with Crippen LogP contribution in [0.1, 0.15) is 0 Å². The predicted octanol–water partition coefficient (Wildman–Crippen LogP) is 0.647. The first-order chi connectivity index (χ1) is 5.11. The molecule has 0 aromatic heterocycles. The van der Waals surface area contributed by atoms with E-state index in [0.717, 1.165) is 10.8 Å². The highest BCUT2D eigenvalue weighted by atomic mass is 79.9. The van der Waals surface area contributed by atoms with E-state index in [4.69, 9.17) is 10.8 Å². The number of hydrogen-bond donors (Lipinski definition) is 3. The van der Waals surface area contributed by atoms with Crippen LogP contribution in [0.5, 0.6) is 0 Å². The number of nitrogens with one attached hydrogen (secondary N) is 1. The number of aliphatic hydroxyl groups is 1. The third-order valence-electron chi connectivity index (χ3n) is 1.06. The molecule has 0 atom stereocenters. The third kappa shape index (κ3) is 3.77. The summed E-state index contributed by atoms with van der Waals surface area (Å²) in [7, 11) is 3.44. The van der Waals surface area contributed by atoms with Crippen molar-refractivity contribution >= 4 is 15.9 Å². The maximum Gasteiger partial charge on any atom is 0.206 e. The molecule has 0 radical (unpaired) electrons. The highest BCUT2D eigenvalue weighted by Gasteiger charge is 1.96. The van der Waals surface area contributed by atoms with Gasteiger partial charge in [0.15, 0.2) is 0 Å². The normalized spacial score (nSPS) is 13.0. The summed E-state index contributed by atoms with van der Waals surface area (Å²) in [5.41, 5.74) is 5.07. The van der Waals surface area contributed by atoms with Gasteiger partial charge in [-0.05, 0) is 15.9 Å². The maximum atomic E-state index is 9.04. The van der Waals surface area contributed by atoms with Gasteiger partial charge < -0.3 is 21.1 Å². The summed E-state index contributed by atoms with van der Waals surface area (Å²) in [6.07, 6.45) is 2.77. The van der Waals surface area contributed by atoms with Crippen LogP contribution in [-0.4, -0.2) is 24.1 Å². The van der Waals surface area contributed by atoms with E-state index in [9.17, 15) is 0 Å². The average molecular weight is 222 g/mol. The van der Waals surface area contributed by atoms with Gasteiger partial charge in [-0.1, -0.05) is 0 Å². The lowest BCUT2D eigenvalue weighted by Gasteiger charge is -2.12. The van der Waals surface area contributed by atoms with E-state index in [1.54, 1.807) is 20.3 Å². The zero-order valence-electron chi connectivity index (χ0n) is 6.50. The zero-order chi connectivity index (χ0) is 8.85. The lowest BCUT2D eigenvalue weighted by Crippen LogP contribution is -2.14. The number of nitrogens with two attached hydrogens (primary N) is 1. The van der Waals surface area contributed by atoms with Gasteiger partial charge in [0.05, 0.1) is 10.8 Å². The fraction of sp³-hybridized carbons (Fsp3) is 0.333. The first kappa shape index (κ1) is 10.2. The largest absolute Gasteiger partial charge is 0.493 e. The molecule has 0 spiro atoms. The quantitative estimate of drug-likeness (QED) is 0.484. The number of hydrogen-bond acceptors (Lipinski definition) is 4. The van der Waals surface area contributed by atoms with Gasteiger partial charge in [0.2, 0.25) is 5.88 Å². The molecule has 0 saturated carbocycles. The minimum Gasteiger partial charge on any atom is -0.493 e. The van der Waals surface area contributed by atoms with Crippen LogP contribution in [0.3, 0.4) is 0 Å². The van der Waals surface area contributed by atoms with Crippen molar-refractivity contribution in [1.29, 1.82) is 0 Å². The van der Waals surface area contributed by atoms with Gasteiger partial charge in [-0.25, -0.2) is 0 Å². The summed E-state index contributed by atoms with van der Waals surface area (Å²) in [6, 6.07) is 0. The summed E-state index contributed by atoms with van der Waals surface area (Å²) in [6.45, 7) is 0. The van der Waals surface area contributed by atoms with E-state index >= 15 is 0 Å².